The highest BCUT2D eigenvalue weighted by Gasteiger charge is 2.36. The third kappa shape index (κ3) is 10.6. The van der Waals surface area contributed by atoms with Crippen LogP contribution in [0.15, 0.2) is 29.3 Å². The standard InChI is InChI=1S/C27H43N7O5/c28-12-2-1-5-20(26(39)33-21(25(29)38)6-3-13-32-27(30)31)16-23(36)22-7-4-14-34(22)24(37)15-18-8-10-19(17-35)11-9-18/h8-11,20-22,35H,1-7,12-17,28H2,(H2,29,38)(H,33,39)(H4,30,31,32)/t20-,21+,22+/m1/s1. The van der Waals surface area contributed by atoms with E-state index in [0.717, 1.165) is 11.1 Å². The number of aliphatic hydroxyl groups excluding tert-OH is 1. The highest BCUT2D eigenvalue weighted by atomic mass is 16.3. The van der Waals surface area contributed by atoms with Crippen molar-refractivity contribution in [3.05, 3.63) is 35.4 Å². The maximum absolute atomic E-state index is 13.4. The predicted octanol–water partition coefficient (Wildman–Crippen LogP) is -0.559. The number of benzene rings is 1. The van der Waals surface area contributed by atoms with E-state index in [1.165, 1.54) is 0 Å². The lowest BCUT2D eigenvalue weighted by Crippen LogP contribution is -2.48. The maximum Gasteiger partial charge on any atom is 0.240 e. The molecule has 10 N–H and O–H groups in total. The quantitative estimate of drug-likeness (QED) is 0.0844. The molecule has 2 rings (SSSR count). The zero-order valence-corrected chi connectivity index (χ0v) is 22.5. The van der Waals surface area contributed by atoms with Crippen LogP contribution < -0.4 is 28.3 Å². The number of guanidine groups is 1. The first-order chi connectivity index (χ1) is 18.7. The van der Waals surface area contributed by atoms with E-state index in [9.17, 15) is 24.3 Å². The van der Waals surface area contributed by atoms with E-state index in [0.29, 0.717) is 51.6 Å². The summed E-state index contributed by atoms with van der Waals surface area (Å²) in [6.07, 6.45) is 3.80. The van der Waals surface area contributed by atoms with Crippen LogP contribution in [0.5, 0.6) is 0 Å². The van der Waals surface area contributed by atoms with Crippen LogP contribution in [-0.2, 0) is 32.2 Å². The summed E-state index contributed by atoms with van der Waals surface area (Å²) in [5.74, 6) is -2.17. The van der Waals surface area contributed by atoms with Gasteiger partial charge in [-0.1, -0.05) is 30.7 Å². The van der Waals surface area contributed by atoms with Gasteiger partial charge in [0.1, 0.15) is 6.04 Å². The summed E-state index contributed by atoms with van der Waals surface area (Å²) in [5, 5.41) is 11.9. The van der Waals surface area contributed by atoms with Gasteiger partial charge < -0.3 is 38.3 Å². The summed E-state index contributed by atoms with van der Waals surface area (Å²) in [7, 11) is 0. The van der Waals surface area contributed by atoms with E-state index in [1.54, 1.807) is 29.2 Å². The Morgan fingerprint density at radius 3 is 2.33 bits per heavy atom. The third-order valence-electron chi connectivity index (χ3n) is 6.94. The number of aliphatic imine (C=N–C) groups is 1. The third-order valence-corrected chi connectivity index (χ3v) is 6.94. The number of nitrogens with one attached hydrogen (secondary N) is 1. The lowest BCUT2D eigenvalue weighted by Gasteiger charge is -2.26. The summed E-state index contributed by atoms with van der Waals surface area (Å²) in [5.41, 5.74) is 23.3. The molecule has 216 valence electrons. The molecule has 1 fully saturated rings. The van der Waals surface area contributed by atoms with Crippen LogP contribution >= 0.6 is 0 Å². The van der Waals surface area contributed by atoms with Gasteiger partial charge in [-0.2, -0.15) is 0 Å². The second kappa shape index (κ2) is 16.5. The molecule has 12 nitrogen and oxygen atoms in total. The van der Waals surface area contributed by atoms with Crippen molar-refractivity contribution in [3.8, 4) is 0 Å². The first kappa shape index (κ1) is 31.7. The Morgan fingerprint density at radius 1 is 1.03 bits per heavy atom. The number of carbonyl (C=O) groups excluding carboxylic acids is 4. The molecule has 0 aliphatic carbocycles. The summed E-state index contributed by atoms with van der Waals surface area (Å²) >= 11 is 0. The number of primary amides is 1. The van der Waals surface area contributed by atoms with Crippen molar-refractivity contribution in [1.29, 1.82) is 0 Å². The van der Waals surface area contributed by atoms with Crippen LogP contribution in [0.1, 0.15) is 62.5 Å². The highest BCUT2D eigenvalue weighted by molar-refractivity contribution is 5.94. The number of Topliss-reactive ketones (excluding diaryl/α,β-unsaturated/α-hetero) is 1. The number of amides is 3. The molecule has 0 aromatic heterocycles. The van der Waals surface area contributed by atoms with E-state index >= 15 is 0 Å². The van der Waals surface area contributed by atoms with Gasteiger partial charge in [-0.3, -0.25) is 24.2 Å². The van der Waals surface area contributed by atoms with Crippen molar-refractivity contribution >= 4 is 29.5 Å². The molecule has 3 atom stereocenters. The Kier molecular flexibility index (Phi) is 13.4. The number of hydrogen-bond donors (Lipinski definition) is 6. The molecular formula is C27H43N7O5. The molecule has 1 aliphatic heterocycles. The summed E-state index contributed by atoms with van der Waals surface area (Å²) in [6.45, 7) is 1.15. The van der Waals surface area contributed by atoms with Crippen LogP contribution in [0, 0.1) is 5.92 Å². The molecule has 39 heavy (non-hydrogen) atoms. The summed E-state index contributed by atoms with van der Waals surface area (Å²) in [4.78, 5) is 57.1. The minimum absolute atomic E-state index is 0.0461. The average molecular weight is 546 g/mol. The number of rotatable bonds is 17. The van der Waals surface area contributed by atoms with Crippen molar-refractivity contribution in [2.75, 3.05) is 19.6 Å². The zero-order valence-electron chi connectivity index (χ0n) is 22.5. The van der Waals surface area contributed by atoms with Crippen molar-refractivity contribution in [2.45, 2.75) is 76.5 Å². The van der Waals surface area contributed by atoms with Gasteiger partial charge in [0.05, 0.1) is 19.1 Å². The van der Waals surface area contributed by atoms with Gasteiger partial charge in [-0.05, 0) is 56.2 Å². The molecule has 12 heteroatoms. The lowest BCUT2D eigenvalue weighted by atomic mass is 9.91. The number of ketones is 1. The Balaban J connectivity index is 2.04. The maximum atomic E-state index is 13.4. The van der Waals surface area contributed by atoms with E-state index in [-0.39, 0.29) is 50.1 Å². The molecule has 0 saturated carbocycles. The SMILES string of the molecule is NCCCC[C@H](CC(=O)[C@@H]1CCCN1C(=O)Cc1ccc(CO)cc1)C(=O)N[C@@H](CCCN=C(N)N)C(N)=O. The topological polar surface area (TPSA) is 220 Å². The van der Waals surface area contributed by atoms with Crippen LogP contribution in [0.25, 0.3) is 0 Å². The smallest absolute Gasteiger partial charge is 0.240 e. The lowest BCUT2D eigenvalue weighted by molar-refractivity contribution is -0.138. The summed E-state index contributed by atoms with van der Waals surface area (Å²) in [6, 6.07) is 5.60. The first-order valence-electron chi connectivity index (χ1n) is 13.5. The molecule has 1 heterocycles. The minimum Gasteiger partial charge on any atom is -0.392 e. The molecule has 1 aromatic carbocycles. The Labute approximate surface area is 229 Å². The second-order valence-corrected chi connectivity index (χ2v) is 9.96. The summed E-state index contributed by atoms with van der Waals surface area (Å²) < 4.78 is 0. The fraction of sp³-hybridized carbons (Fsp3) is 0.593. The zero-order chi connectivity index (χ0) is 28.8. The molecular weight excluding hydrogens is 502 g/mol. The molecule has 1 aliphatic rings. The van der Waals surface area contributed by atoms with Gasteiger partial charge in [0.25, 0.3) is 0 Å². The number of nitrogens with two attached hydrogens (primary N) is 4. The average Bonchev–Trinajstić information content (AvgIpc) is 3.40. The van der Waals surface area contributed by atoms with E-state index in [4.69, 9.17) is 22.9 Å². The van der Waals surface area contributed by atoms with Gasteiger partial charge in [0.15, 0.2) is 11.7 Å². The van der Waals surface area contributed by atoms with E-state index in [2.05, 4.69) is 10.3 Å². The van der Waals surface area contributed by atoms with Crippen LogP contribution in [-0.4, -0.2) is 71.2 Å². The number of hydrogen-bond acceptors (Lipinski definition) is 7. The normalized spacial score (nSPS) is 16.4. The number of unbranched alkanes of at least 4 members (excludes halogenated alkanes) is 1. The van der Waals surface area contributed by atoms with Gasteiger partial charge in [-0.15, -0.1) is 0 Å². The fourth-order valence-corrected chi connectivity index (χ4v) is 4.76. The Bertz CT molecular complexity index is 995. The van der Waals surface area contributed by atoms with Crippen molar-refractivity contribution in [2.24, 2.45) is 33.8 Å². The van der Waals surface area contributed by atoms with Crippen molar-refractivity contribution < 1.29 is 24.3 Å². The molecule has 0 radical (unpaired) electrons. The number of likely N-dealkylation sites (tertiary alicyclic amines) is 1. The fourth-order valence-electron chi connectivity index (χ4n) is 4.76. The number of aliphatic hydroxyl groups is 1. The molecule has 1 aromatic rings. The van der Waals surface area contributed by atoms with Gasteiger partial charge >= 0.3 is 0 Å². The van der Waals surface area contributed by atoms with Crippen LogP contribution in [0.2, 0.25) is 0 Å². The Morgan fingerprint density at radius 2 is 1.72 bits per heavy atom. The molecule has 1 saturated heterocycles. The van der Waals surface area contributed by atoms with Crippen LogP contribution in [0.4, 0.5) is 0 Å². The van der Waals surface area contributed by atoms with Crippen molar-refractivity contribution in [1.82, 2.24) is 10.2 Å². The largest absolute Gasteiger partial charge is 0.392 e. The monoisotopic (exact) mass is 545 g/mol. The van der Waals surface area contributed by atoms with Crippen LogP contribution in [0.3, 0.4) is 0 Å². The predicted molar refractivity (Wildman–Crippen MR) is 148 cm³/mol. The van der Waals surface area contributed by atoms with Gasteiger partial charge in [0.2, 0.25) is 17.7 Å². The minimum atomic E-state index is -0.916. The number of nitrogens with zero attached hydrogens (tertiary/aromatic N) is 2. The Hall–Kier alpha value is -3.51. The highest BCUT2D eigenvalue weighted by Crippen LogP contribution is 2.24. The molecule has 0 spiro atoms. The second-order valence-electron chi connectivity index (χ2n) is 9.96. The van der Waals surface area contributed by atoms with Crippen molar-refractivity contribution in [3.63, 3.8) is 0 Å². The number of carbonyl (C=O) groups is 4. The first-order valence-corrected chi connectivity index (χ1v) is 13.5. The van der Waals surface area contributed by atoms with E-state index < -0.39 is 29.8 Å². The van der Waals surface area contributed by atoms with Gasteiger partial charge in [0, 0.05) is 25.4 Å². The molecule has 0 bridgehead atoms. The van der Waals surface area contributed by atoms with E-state index in [1.807, 2.05) is 0 Å². The molecule has 3 amide bonds. The van der Waals surface area contributed by atoms with Gasteiger partial charge in [-0.25, -0.2) is 0 Å². The molecule has 0 unspecified atom stereocenters.